The Bertz CT molecular complexity index is 431. The molecule has 1 aromatic carbocycles. The molecule has 4 unspecified atom stereocenters. The Morgan fingerprint density at radius 2 is 2.11 bits per heavy atom. The smallest absolute Gasteiger partial charge is 0.124 e. The normalized spacial score (nSPS) is 30.5. The lowest BCUT2D eigenvalue weighted by Gasteiger charge is -2.27. The van der Waals surface area contributed by atoms with Gasteiger partial charge in [-0.05, 0) is 51.0 Å². The van der Waals surface area contributed by atoms with Gasteiger partial charge in [0.15, 0.2) is 0 Å². The third-order valence-corrected chi connectivity index (χ3v) is 4.89. The van der Waals surface area contributed by atoms with Gasteiger partial charge in [-0.25, -0.2) is 0 Å². The van der Waals surface area contributed by atoms with Crippen molar-refractivity contribution in [1.82, 2.24) is 5.32 Å². The number of para-hydroxylation sites is 1. The molecule has 4 atom stereocenters. The van der Waals surface area contributed by atoms with Crippen molar-refractivity contribution in [2.45, 2.75) is 51.6 Å². The van der Waals surface area contributed by atoms with Crippen LogP contribution in [0.3, 0.4) is 0 Å². The number of fused-ring (bicyclic) bond motifs is 2. The lowest BCUT2D eigenvalue weighted by atomic mass is 9.94. The lowest BCUT2D eigenvalue weighted by Crippen LogP contribution is -2.35. The van der Waals surface area contributed by atoms with Crippen LogP contribution in [0.2, 0.25) is 0 Å². The van der Waals surface area contributed by atoms with E-state index >= 15 is 0 Å². The molecular weight excluding hydrogens is 234 g/mol. The highest BCUT2D eigenvalue weighted by Crippen LogP contribution is 2.45. The summed E-state index contributed by atoms with van der Waals surface area (Å²) >= 11 is 0. The van der Waals surface area contributed by atoms with Gasteiger partial charge >= 0.3 is 0 Å². The minimum absolute atomic E-state index is 0.382. The Balaban J connectivity index is 1.68. The maximum absolute atomic E-state index is 5.74. The second-order valence-corrected chi connectivity index (χ2v) is 6.14. The first-order chi connectivity index (χ1) is 9.28. The van der Waals surface area contributed by atoms with Crippen molar-refractivity contribution in [1.29, 1.82) is 0 Å². The highest BCUT2D eigenvalue weighted by atomic mass is 16.5. The van der Waals surface area contributed by atoms with Crippen LogP contribution in [0.15, 0.2) is 24.3 Å². The molecule has 0 saturated heterocycles. The first-order valence-electron chi connectivity index (χ1n) is 7.75. The summed E-state index contributed by atoms with van der Waals surface area (Å²) in [6, 6.07) is 9.54. The van der Waals surface area contributed by atoms with Crippen molar-refractivity contribution in [3.63, 3.8) is 0 Å². The fourth-order valence-electron chi connectivity index (χ4n) is 3.98. The van der Waals surface area contributed by atoms with Crippen LogP contribution in [-0.4, -0.2) is 12.6 Å². The summed E-state index contributed by atoms with van der Waals surface area (Å²) in [6.07, 6.45) is 5.73. The SMILES string of the molecule is CCOc1ccccc1C(C)NC1CC2CCC1C2. The number of ether oxygens (including phenoxy) is 1. The summed E-state index contributed by atoms with van der Waals surface area (Å²) in [4.78, 5) is 0. The van der Waals surface area contributed by atoms with Crippen LogP contribution in [-0.2, 0) is 0 Å². The third-order valence-electron chi connectivity index (χ3n) is 4.89. The van der Waals surface area contributed by atoms with E-state index in [1.807, 2.05) is 6.92 Å². The van der Waals surface area contributed by atoms with Crippen LogP contribution in [0.5, 0.6) is 5.75 Å². The van der Waals surface area contributed by atoms with Gasteiger partial charge in [-0.2, -0.15) is 0 Å². The van der Waals surface area contributed by atoms with Gasteiger partial charge in [-0.15, -0.1) is 0 Å². The van der Waals surface area contributed by atoms with Gasteiger partial charge in [0.1, 0.15) is 5.75 Å². The van der Waals surface area contributed by atoms with E-state index in [0.717, 1.165) is 30.2 Å². The predicted molar refractivity (Wildman–Crippen MR) is 78.4 cm³/mol. The van der Waals surface area contributed by atoms with Crippen LogP contribution in [0, 0.1) is 11.8 Å². The molecule has 2 fully saturated rings. The molecule has 2 aliphatic rings. The van der Waals surface area contributed by atoms with E-state index in [4.69, 9.17) is 4.74 Å². The standard InChI is InChI=1S/C17H25NO/c1-3-19-17-7-5-4-6-15(17)12(2)18-16-11-13-8-9-14(16)10-13/h4-7,12-14,16,18H,3,8-11H2,1-2H3. The van der Waals surface area contributed by atoms with Crippen LogP contribution in [0.1, 0.15) is 51.1 Å². The largest absolute Gasteiger partial charge is 0.494 e. The fraction of sp³-hybridized carbons (Fsp3) is 0.647. The Hall–Kier alpha value is -1.02. The number of hydrogen-bond acceptors (Lipinski definition) is 2. The molecule has 1 N–H and O–H groups in total. The van der Waals surface area contributed by atoms with Crippen molar-refractivity contribution in [2.24, 2.45) is 11.8 Å². The van der Waals surface area contributed by atoms with Crippen molar-refractivity contribution >= 4 is 0 Å². The van der Waals surface area contributed by atoms with Crippen LogP contribution in [0.25, 0.3) is 0 Å². The van der Waals surface area contributed by atoms with E-state index in [1.54, 1.807) is 0 Å². The first-order valence-corrected chi connectivity index (χ1v) is 7.75. The molecule has 3 rings (SSSR count). The topological polar surface area (TPSA) is 21.3 Å². The molecule has 0 heterocycles. The zero-order valence-corrected chi connectivity index (χ0v) is 12.1. The van der Waals surface area contributed by atoms with E-state index in [1.165, 1.54) is 31.2 Å². The molecule has 0 spiro atoms. The summed E-state index contributed by atoms with van der Waals surface area (Å²) < 4.78 is 5.74. The molecular formula is C17H25NO. The highest BCUT2D eigenvalue weighted by Gasteiger charge is 2.39. The van der Waals surface area contributed by atoms with Gasteiger partial charge in [-0.3, -0.25) is 0 Å². The molecule has 2 aliphatic carbocycles. The van der Waals surface area contributed by atoms with Crippen molar-refractivity contribution < 1.29 is 4.74 Å². The molecule has 2 heteroatoms. The van der Waals surface area contributed by atoms with Gasteiger partial charge in [-0.1, -0.05) is 24.6 Å². The quantitative estimate of drug-likeness (QED) is 0.865. The van der Waals surface area contributed by atoms with Gasteiger partial charge in [0.2, 0.25) is 0 Å². The van der Waals surface area contributed by atoms with Crippen molar-refractivity contribution in [3.8, 4) is 5.75 Å². The summed E-state index contributed by atoms with van der Waals surface area (Å²) in [5, 5.41) is 3.85. The Kier molecular flexibility index (Phi) is 3.79. The number of benzene rings is 1. The van der Waals surface area contributed by atoms with E-state index in [9.17, 15) is 0 Å². The molecule has 104 valence electrons. The first kappa shape index (κ1) is 13.0. The molecule has 2 bridgehead atoms. The minimum atomic E-state index is 0.382. The molecule has 0 aliphatic heterocycles. The average Bonchev–Trinajstić information content (AvgIpc) is 3.02. The summed E-state index contributed by atoms with van der Waals surface area (Å²) in [7, 11) is 0. The molecule has 0 amide bonds. The van der Waals surface area contributed by atoms with Crippen LogP contribution in [0.4, 0.5) is 0 Å². The monoisotopic (exact) mass is 259 g/mol. The van der Waals surface area contributed by atoms with Crippen molar-refractivity contribution in [2.75, 3.05) is 6.61 Å². The maximum atomic E-state index is 5.74. The summed E-state index contributed by atoms with van der Waals surface area (Å²) in [6.45, 7) is 5.05. The Morgan fingerprint density at radius 1 is 1.26 bits per heavy atom. The van der Waals surface area contributed by atoms with Gasteiger partial charge < -0.3 is 10.1 Å². The second-order valence-electron chi connectivity index (χ2n) is 6.14. The zero-order chi connectivity index (χ0) is 13.2. The minimum Gasteiger partial charge on any atom is -0.494 e. The van der Waals surface area contributed by atoms with Crippen molar-refractivity contribution in [3.05, 3.63) is 29.8 Å². The molecule has 0 radical (unpaired) electrons. The van der Waals surface area contributed by atoms with E-state index in [0.29, 0.717) is 6.04 Å². The zero-order valence-electron chi connectivity index (χ0n) is 12.1. The predicted octanol–water partition coefficient (Wildman–Crippen LogP) is 3.92. The van der Waals surface area contributed by atoms with Gasteiger partial charge in [0.25, 0.3) is 0 Å². The van der Waals surface area contributed by atoms with Crippen LogP contribution < -0.4 is 10.1 Å². The van der Waals surface area contributed by atoms with Crippen LogP contribution >= 0.6 is 0 Å². The summed E-state index contributed by atoms with van der Waals surface area (Å²) in [5.41, 5.74) is 1.30. The van der Waals surface area contributed by atoms with Gasteiger partial charge in [0.05, 0.1) is 6.61 Å². The van der Waals surface area contributed by atoms with E-state index < -0.39 is 0 Å². The lowest BCUT2D eigenvalue weighted by molar-refractivity contribution is 0.310. The Morgan fingerprint density at radius 3 is 2.79 bits per heavy atom. The summed E-state index contributed by atoms with van der Waals surface area (Å²) in [5.74, 6) is 2.96. The highest BCUT2D eigenvalue weighted by molar-refractivity contribution is 5.35. The number of nitrogens with one attached hydrogen (secondary N) is 1. The maximum Gasteiger partial charge on any atom is 0.124 e. The molecule has 2 nitrogen and oxygen atoms in total. The second kappa shape index (κ2) is 5.54. The molecule has 19 heavy (non-hydrogen) atoms. The Labute approximate surface area is 116 Å². The number of rotatable bonds is 5. The average molecular weight is 259 g/mol. The molecule has 1 aromatic rings. The fourth-order valence-corrected chi connectivity index (χ4v) is 3.98. The van der Waals surface area contributed by atoms with Gasteiger partial charge in [0, 0.05) is 17.6 Å². The van der Waals surface area contributed by atoms with E-state index in [2.05, 4.69) is 36.5 Å². The molecule has 2 saturated carbocycles. The molecule has 0 aromatic heterocycles. The third kappa shape index (κ3) is 2.64. The number of hydrogen-bond donors (Lipinski definition) is 1. The van der Waals surface area contributed by atoms with E-state index in [-0.39, 0.29) is 0 Å².